The highest BCUT2D eigenvalue weighted by Gasteiger charge is 2.19. The van der Waals surface area contributed by atoms with Crippen LogP contribution in [0.5, 0.6) is 0 Å². The normalized spacial score (nSPS) is 9.84. The molecule has 2 amide bonds. The van der Waals surface area contributed by atoms with Gasteiger partial charge in [-0.1, -0.05) is 11.6 Å². The Balaban J connectivity index is 0.00000312. The standard InChI is InChI=1S/C16H18ClN5O2.ClH/c1-18-7-2-8-21-15(23)13-14(20-10-9-19-13)16(24)22-12-5-3-11(17)4-6-12;/h3-6,9-10,18H,2,7-8H2,1H3,(H,21,23)(H,22,24);1H. The number of aromatic nitrogens is 2. The minimum atomic E-state index is -0.509. The van der Waals surface area contributed by atoms with E-state index in [-0.39, 0.29) is 23.8 Å². The summed E-state index contributed by atoms with van der Waals surface area (Å²) in [6.45, 7) is 1.26. The van der Waals surface area contributed by atoms with Gasteiger partial charge < -0.3 is 16.0 Å². The van der Waals surface area contributed by atoms with E-state index in [0.717, 1.165) is 13.0 Å². The summed E-state index contributed by atoms with van der Waals surface area (Å²) in [7, 11) is 1.84. The zero-order chi connectivity index (χ0) is 17.4. The van der Waals surface area contributed by atoms with Crippen molar-refractivity contribution in [2.24, 2.45) is 0 Å². The number of hydrogen-bond donors (Lipinski definition) is 3. The number of nitrogens with zero attached hydrogens (tertiary/aromatic N) is 2. The molecule has 7 nitrogen and oxygen atoms in total. The van der Waals surface area contributed by atoms with Crippen molar-refractivity contribution in [3.05, 3.63) is 53.1 Å². The molecule has 1 heterocycles. The monoisotopic (exact) mass is 383 g/mol. The molecule has 0 bridgehead atoms. The van der Waals surface area contributed by atoms with E-state index in [0.29, 0.717) is 17.3 Å². The summed E-state index contributed by atoms with van der Waals surface area (Å²) in [5.41, 5.74) is 0.516. The Hall–Kier alpha value is -2.22. The van der Waals surface area contributed by atoms with Gasteiger partial charge in [-0.25, -0.2) is 9.97 Å². The molecule has 25 heavy (non-hydrogen) atoms. The quantitative estimate of drug-likeness (QED) is 0.636. The molecule has 2 aromatic rings. The summed E-state index contributed by atoms with van der Waals surface area (Å²) < 4.78 is 0. The van der Waals surface area contributed by atoms with Crippen molar-refractivity contribution in [1.29, 1.82) is 0 Å². The van der Waals surface area contributed by atoms with E-state index in [9.17, 15) is 9.59 Å². The molecule has 0 aliphatic carbocycles. The van der Waals surface area contributed by atoms with Gasteiger partial charge in [0.2, 0.25) is 0 Å². The Morgan fingerprint density at radius 2 is 1.60 bits per heavy atom. The van der Waals surface area contributed by atoms with Gasteiger partial charge >= 0.3 is 0 Å². The van der Waals surface area contributed by atoms with Crippen LogP contribution >= 0.6 is 24.0 Å². The molecule has 0 saturated heterocycles. The van der Waals surface area contributed by atoms with Gasteiger partial charge in [-0.2, -0.15) is 0 Å². The van der Waals surface area contributed by atoms with E-state index in [2.05, 4.69) is 25.9 Å². The van der Waals surface area contributed by atoms with Crippen molar-refractivity contribution in [2.75, 3.05) is 25.5 Å². The Morgan fingerprint density at radius 3 is 2.20 bits per heavy atom. The first-order chi connectivity index (χ1) is 11.6. The van der Waals surface area contributed by atoms with Crippen molar-refractivity contribution in [3.63, 3.8) is 0 Å². The van der Waals surface area contributed by atoms with Crippen LogP contribution in [-0.2, 0) is 0 Å². The molecule has 0 unspecified atom stereocenters. The zero-order valence-electron chi connectivity index (χ0n) is 13.6. The Labute approximate surface area is 157 Å². The largest absolute Gasteiger partial charge is 0.351 e. The molecule has 3 N–H and O–H groups in total. The number of carbonyl (C=O) groups is 2. The molecular formula is C16H19Cl2N5O2. The van der Waals surface area contributed by atoms with Crippen LogP contribution in [0.25, 0.3) is 0 Å². The maximum atomic E-state index is 12.4. The third kappa shape index (κ3) is 6.30. The van der Waals surface area contributed by atoms with Crippen molar-refractivity contribution in [2.45, 2.75) is 6.42 Å². The lowest BCUT2D eigenvalue weighted by atomic mass is 10.2. The van der Waals surface area contributed by atoms with Crippen LogP contribution in [0.3, 0.4) is 0 Å². The van der Waals surface area contributed by atoms with Gasteiger partial charge in [0.1, 0.15) is 0 Å². The molecule has 0 spiro atoms. The van der Waals surface area contributed by atoms with E-state index in [4.69, 9.17) is 11.6 Å². The summed E-state index contributed by atoms with van der Waals surface area (Å²) in [6, 6.07) is 6.63. The molecule has 0 aliphatic heterocycles. The Kier molecular flexibility index (Phi) is 8.83. The highest BCUT2D eigenvalue weighted by atomic mass is 35.5. The smallest absolute Gasteiger partial charge is 0.276 e. The van der Waals surface area contributed by atoms with Gasteiger partial charge in [-0.05, 0) is 44.3 Å². The van der Waals surface area contributed by atoms with E-state index < -0.39 is 11.8 Å². The second kappa shape index (κ2) is 10.6. The van der Waals surface area contributed by atoms with Crippen LogP contribution in [0.1, 0.15) is 27.4 Å². The lowest BCUT2D eigenvalue weighted by Crippen LogP contribution is -2.30. The third-order valence-electron chi connectivity index (χ3n) is 3.12. The van der Waals surface area contributed by atoms with Gasteiger partial charge in [0.05, 0.1) is 0 Å². The van der Waals surface area contributed by atoms with Gasteiger partial charge in [-0.3, -0.25) is 9.59 Å². The predicted molar refractivity (Wildman–Crippen MR) is 99.6 cm³/mol. The van der Waals surface area contributed by atoms with Crippen LogP contribution in [0.4, 0.5) is 5.69 Å². The topological polar surface area (TPSA) is 96.0 Å². The maximum absolute atomic E-state index is 12.4. The number of rotatable bonds is 7. The average Bonchev–Trinajstić information content (AvgIpc) is 2.60. The number of carbonyl (C=O) groups excluding carboxylic acids is 2. The first-order valence-electron chi connectivity index (χ1n) is 7.42. The highest BCUT2D eigenvalue weighted by Crippen LogP contribution is 2.14. The molecule has 134 valence electrons. The van der Waals surface area contributed by atoms with Crippen LogP contribution in [0.2, 0.25) is 5.02 Å². The van der Waals surface area contributed by atoms with Crippen molar-refractivity contribution < 1.29 is 9.59 Å². The molecule has 1 aromatic heterocycles. The van der Waals surface area contributed by atoms with Gasteiger partial charge in [-0.15, -0.1) is 12.4 Å². The number of amides is 2. The van der Waals surface area contributed by atoms with Gasteiger partial charge in [0, 0.05) is 29.6 Å². The second-order valence-corrected chi connectivity index (χ2v) is 5.36. The summed E-state index contributed by atoms with van der Waals surface area (Å²) in [6.07, 6.45) is 3.52. The molecule has 0 atom stereocenters. The number of hydrogen-bond acceptors (Lipinski definition) is 5. The first-order valence-corrected chi connectivity index (χ1v) is 7.80. The van der Waals surface area contributed by atoms with E-state index >= 15 is 0 Å². The maximum Gasteiger partial charge on any atom is 0.276 e. The number of benzene rings is 1. The summed E-state index contributed by atoms with van der Waals surface area (Å²) in [4.78, 5) is 32.5. The van der Waals surface area contributed by atoms with Gasteiger partial charge in [0.25, 0.3) is 11.8 Å². The third-order valence-corrected chi connectivity index (χ3v) is 3.37. The minimum absolute atomic E-state index is 0. The SMILES string of the molecule is CNCCCNC(=O)c1nccnc1C(=O)Nc1ccc(Cl)cc1.Cl. The number of anilines is 1. The van der Waals surface area contributed by atoms with E-state index in [1.807, 2.05) is 7.05 Å². The molecule has 1 aromatic carbocycles. The molecule has 0 radical (unpaired) electrons. The minimum Gasteiger partial charge on any atom is -0.351 e. The lowest BCUT2D eigenvalue weighted by molar-refractivity contribution is 0.0933. The van der Waals surface area contributed by atoms with Crippen LogP contribution in [-0.4, -0.2) is 41.9 Å². The molecule has 0 aliphatic rings. The fraction of sp³-hybridized carbons (Fsp3) is 0.250. The van der Waals surface area contributed by atoms with E-state index in [1.54, 1.807) is 24.3 Å². The van der Waals surface area contributed by atoms with Crippen LogP contribution in [0.15, 0.2) is 36.7 Å². The molecular weight excluding hydrogens is 365 g/mol. The summed E-state index contributed by atoms with van der Waals surface area (Å²) >= 11 is 5.81. The van der Waals surface area contributed by atoms with Crippen molar-refractivity contribution >= 4 is 41.5 Å². The molecule has 9 heteroatoms. The van der Waals surface area contributed by atoms with E-state index in [1.165, 1.54) is 12.4 Å². The van der Waals surface area contributed by atoms with Gasteiger partial charge in [0.15, 0.2) is 11.4 Å². The van der Waals surface area contributed by atoms with Crippen LogP contribution in [0, 0.1) is 0 Å². The molecule has 2 rings (SSSR count). The van der Waals surface area contributed by atoms with Crippen LogP contribution < -0.4 is 16.0 Å². The first kappa shape index (κ1) is 20.8. The fourth-order valence-electron chi connectivity index (χ4n) is 1.94. The summed E-state index contributed by atoms with van der Waals surface area (Å²) in [5, 5.41) is 8.94. The van der Waals surface area contributed by atoms with Crippen molar-refractivity contribution in [1.82, 2.24) is 20.6 Å². The zero-order valence-corrected chi connectivity index (χ0v) is 15.2. The predicted octanol–water partition coefficient (Wildman–Crippen LogP) is 2.14. The fourth-order valence-corrected chi connectivity index (χ4v) is 2.07. The lowest BCUT2D eigenvalue weighted by Gasteiger charge is -2.09. The Morgan fingerprint density at radius 1 is 1.00 bits per heavy atom. The molecule has 0 saturated carbocycles. The number of halogens is 2. The average molecular weight is 384 g/mol. The highest BCUT2D eigenvalue weighted by molar-refractivity contribution is 6.30. The molecule has 0 fully saturated rings. The van der Waals surface area contributed by atoms with Crippen molar-refractivity contribution in [3.8, 4) is 0 Å². The number of nitrogens with one attached hydrogen (secondary N) is 3. The Bertz CT molecular complexity index is 710. The second-order valence-electron chi connectivity index (χ2n) is 4.93. The summed E-state index contributed by atoms with van der Waals surface area (Å²) in [5.74, 6) is -0.939.